The highest BCUT2D eigenvalue weighted by Crippen LogP contribution is 2.32. The van der Waals surface area contributed by atoms with Crippen LogP contribution in [0.25, 0.3) is 0 Å². The van der Waals surface area contributed by atoms with Gasteiger partial charge in [0.1, 0.15) is 18.1 Å². The molecule has 0 spiro atoms. The van der Waals surface area contributed by atoms with Gasteiger partial charge in [-0.15, -0.1) is 0 Å². The number of ether oxygens (including phenoxy) is 1. The summed E-state index contributed by atoms with van der Waals surface area (Å²) in [5.74, 6) is 2.56. The molecule has 1 aromatic heterocycles. The van der Waals surface area contributed by atoms with E-state index < -0.39 is 0 Å². The molecule has 90 valence electrons. The van der Waals surface area contributed by atoms with Gasteiger partial charge in [0.25, 0.3) is 0 Å². The summed E-state index contributed by atoms with van der Waals surface area (Å²) in [6.45, 7) is 0.524. The minimum absolute atomic E-state index is 0.0497. The fourth-order valence-corrected chi connectivity index (χ4v) is 2.53. The Morgan fingerprint density at radius 1 is 1.44 bits per heavy atom. The SMILES string of the molecule is COCc1ccc(C(N)CC2CCCC2)o1. The molecule has 0 aliphatic heterocycles. The van der Waals surface area contributed by atoms with Gasteiger partial charge in [-0.2, -0.15) is 0 Å². The summed E-state index contributed by atoms with van der Waals surface area (Å²) >= 11 is 0. The molecular weight excluding hydrogens is 202 g/mol. The van der Waals surface area contributed by atoms with Crippen LogP contribution in [0.1, 0.15) is 49.7 Å². The second-order valence-corrected chi connectivity index (χ2v) is 4.73. The summed E-state index contributed by atoms with van der Waals surface area (Å²) < 4.78 is 10.7. The van der Waals surface area contributed by atoms with Crippen molar-refractivity contribution in [3.63, 3.8) is 0 Å². The van der Waals surface area contributed by atoms with Gasteiger partial charge in [0.2, 0.25) is 0 Å². The topological polar surface area (TPSA) is 48.4 Å². The summed E-state index contributed by atoms with van der Waals surface area (Å²) in [4.78, 5) is 0. The van der Waals surface area contributed by atoms with Crippen molar-refractivity contribution in [2.24, 2.45) is 11.7 Å². The third-order valence-corrected chi connectivity index (χ3v) is 3.40. The highest BCUT2D eigenvalue weighted by atomic mass is 16.5. The van der Waals surface area contributed by atoms with Gasteiger partial charge in [-0.3, -0.25) is 0 Å². The molecule has 1 heterocycles. The Balaban J connectivity index is 1.89. The van der Waals surface area contributed by atoms with Crippen molar-refractivity contribution in [2.75, 3.05) is 7.11 Å². The fourth-order valence-electron chi connectivity index (χ4n) is 2.53. The Kier molecular flexibility index (Phi) is 4.02. The smallest absolute Gasteiger partial charge is 0.129 e. The van der Waals surface area contributed by atoms with E-state index in [2.05, 4.69) is 0 Å². The molecule has 1 saturated carbocycles. The summed E-state index contributed by atoms with van der Waals surface area (Å²) in [5.41, 5.74) is 6.15. The van der Waals surface area contributed by atoms with E-state index in [1.807, 2.05) is 12.1 Å². The van der Waals surface area contributed by atoms with Gasteiger partial charge >= 0.3 is 0 Å². The van der Waals surface area contributed by atoms with Gasteiger partial charge < -0.3 is 14.9 Å². The Morgan fingerprint density at radius 3 is 2.88 bits per heavy atom. The lowest BCUT2D eigenvalue weighted by atomic mass is 9.98. The minimum Gasteiger partial charge on any atom is -0.462 e. The second-order valence-electron chi connectivity index (χ2n) is 4.73. The maximum Gasteiger partial charge on any atom is 0.129 e. The molecule has 1 fully saturated rings. The van der Waals surface area contributed by atoms with Crippen LogP contribution in [0.2, 0.25) is 0 Å². The monoisotopic (exact) mass is 223 g/mol. The number of methoxy groups -OCH3 is 1. The lowest BCUT2D eigenvalue weighted by Crippen LogP contribution is -2.13. The van der Waals surface area contributed by atoms with E-state index in [1.165, 1.54) is 25.7 Å². The van der Waals surface area contributed by atoms with Gasteiger partial charge in [0.05, 0.1) is 6.04 Å². The molecule has 2 rings (SSSR count). The zero-order valence-electron chi connectivity index (χ0n) is 9.95. The predicted octanol–water partition coefficient (Wildman–Crippen LogP) is 3.01. The average molecular weight is 223 g/mol. The first-order chi connectivity index (χ1) is 7.79. The van der Waals surface area contributed by atoms with Crippen LogP contribution < -0.4 is 5.73 Å². The number of nitrogens with two attached hydrogens (primary N) is 1. The fraction of sp³-hybridized carbons (Fsp3) is 0.692. The second kappa shape index (κ2) is 5.51. The average Bonchev–Trinajstić information content (AvgIpc) is 2.89. The van der Waals surface area contributed by atoms with Crippen LogP contribution in [-0.2, 0) is 11.3 Å². The van der Waals surface area contributed by atoms with Crippen LogP contribution in [0.3, 0.4) is 0 Å². The molecule has 0 amide bonds. The molecule has 2 N–H and O–H groups in total. The molecule has 1 aliphatic rings. The molecule has 1 unspecified atom stereocenters. The van der Waals surface area contributed by atoms with Crippen molar-refractivity contribution in [2.45, 2.75) is 44.8 Å². The highest BCUT2D eigenvalue weighted by molar-refractivity contribution is 5.10. The van der Waals surface area contributed by atoms with Crippen LogP contribution in [0.15, 0.2) is 16.5 Å². The number of furan rings is 1. The molecule has 0 radical (unpaired) electrons. The van der Waals surface area contributed by atoms with E-state index in [0.717, 1.165) is 23.9 Å². The Bertz CT molecular complexity index is 315. The summed E-state index contributed by atoms with van der Waals surface area (Å²) in [7, 11) is 1.67. The van der Waals surface area contributed by atoms with Gasteiger partial charge in [-0.05, 0) is 24.5 Å². The molecule has 1 atom stereocenters. The maximum atomic E-state index is 6.15. The van der Waals surface area contributed by atoms with E-state index >= 15 is 0 Å². The largest absolute Gasteiger partial charge is 0.462 e. The van der Waals surface area contributed by atoms with Gasteiger partial charge in [-0.1, -0.05) is 25.7 Å². The zero-order chi connectivity index (χ0) is 11.4. The first kappa shape index (κ1) is 11.7. The van der Waals surface area contributed by atoms with Crippen molar-refractivity contribution in [1.29, 1.82) is 0 Å². The summed E-state index contributed by atoms with van der Waals surface area (Å²) in [6, 6.07) is 3.98. The molecular formula is C13H21NO2. The summed E-state index contributed by atoms with van der Waals surface area (Å²) in [6.07, 6.45) is 6.45. The van der Waals surface area contributed by atoms with Crippen LogP contribution >= 0.6 is 0 Å². The standard InChI is InChI=1S/C13H21NO2/c1-15-9-11-6-7-13(16-11)12(14)8-10-4-2-3-5-10/h6-7,10,12H,2-5,8-9,14H2,1H3. The van der Waals surface area contributed by atoms with E-state index in [9.17, 15) is 0 Å². The molecule has 0 aromatic carbocycles. The third kappa shape index (κ3) is 2.86. The molecule has 3 heteroatoms. The Hall–Kier alpha value is -0.800. The van der Waals surface area contributed by atoms with E-state index in [1.54, 1.807) is 7.11 Å². The van der Waals surface area contributed by atoms with Crippen molar-refractivity contribution in [1.82, 2.24) is 0 Å². The minimum atomic E-state index is 0.0497. The van der Waals surface area contributed by atoms with E-state index in [4.69, 9.17) is 14.9 Å². The van der Waals surface area contributed by atoms with Crippen LogP contribution in [0.5, 0.6) is 0 Å². The molecule has 0 saturated heterocycles. The van der Waals surface area contributed by atoms with Gasteiger partial charge in [0, 0.05) is 7.11 Å². The van der Waals surface area contributed by atoms with Crippen LogP contribution in [0, 0.1) is 5.92 Å². The normalized spacial score (nSPS) is 19.1. The molecule has 0 bridgehead atoms. The first-order valence-corrected chi connectivity index (χ1v) is 6.12. The van der Waals surface area contributed by atoms with Crippen LogP contribution in [0.4, 0.5) is 0 Å². The summed E-state index contributed by atoms with van der Waals surface area (Å²) in [5, 5.41) is 0. The molecule has 1 aromatic rings. The van der Waals surface area contributed by atoms with Crippen molar-refractivity contribution >= 4 is 0 Å². The van der Waals surface area contributed by atoms with Gasteiger partial charge in [-0.25, -0.2) is 0 Å². The lowest BCUT2D eigenvalue weighted by molar-refractivity contribution is 0.161. The maximum absolute atomic E-state index is 6.15. The number of hydrogen-bond donors (Lipinski definition) is 1. The number of rotatable bonds is 5. The van der Waals surface area contributed by atoms with Crippen molar-refractivity contribution in [3.05, 3.63) is 23.7 Å². The van der Waals surface area contributed by atoms with Crippen molar-refractivity contribution in [3.8, 4) is 0 Å². The van der Waals surface area contributed by atoms with Gasteiger partial charge in [0.15, 0.2) is 0 Å². The predicted molar refractivity (Wildman–Crippen MR) is 62.9 cm³/mol. The highest BCUT2D eigenvalue weighted by Gasteiger charge is 2.20. The molecule has 3 nitrogen and oxygen atoms in total. The zero-order valence-corrected chi connectivity index (χ0v) is 9.95. The molecule has 1 aliphatic carbocycles. The van der Waals surface area contributed by atoms with E-state index in [-0.39, 0.29) is 6.04 Å². The number of hydrogen-bond acceptors (Lipinski definition) is 3. The first-order valence-electron chi connectivity index (χ1n) is 6.12. The van der Waals surface area contributed by atoms with Crippen LogP contribution in [-0.4, -0.2) is 7.11 Å². The Labute approximate surface area is 97.0 Å². The van der Waals surface area contributed by atoms with Crippen molar-refractivity contribution < 1.29 is 9.15 Å². The Morgan fingerprint density at radius 2 is 2.19 bits per heavy atom. The quantitative estimate of drug-likeness (QED) is 0.834. The molecule has 16 heavy (non-hydrogen) atoms. The third-order valence-electron chi connectivity index (χ3n) is 3.40. The van der Waals surface area contributed by atoms with E-state index in [0.29, 0.717) is 6.61 Å². The lowest BCUT2D eigenvalue weighted by Gasteiger charge is -2.13.